The van der Waals surface area contributed by atoms with Crippen molar-refractivity contribution in [2.75, 3.05) is 27.8 Å². The summed E-state index contributed by atoms with van der Waals surface area (Å²) in [5, 5.41) is 4.61. The molecule has 0 atom stereocenters. The zero-order valence-electron chi connectivity index (χ0n) is 34.5. The monoisotopic (exact) mass is 886 g/mol. The van der Waals surface area contributed by atoms with Gasteiger partial charge in [0.2, 0.25) is 6.08 Å². The third kappa shape index (κ3) is 8.90. The van der Waals surface area contributed by atoms with Crippen molar-refractivity contribution < 1.29 is 31.5 Å². The Morgan fingerprint density at radius 2 is 1.29 bits per heavy atom. The first kappa shape index (κ1) is 43.5. The van der Waals surface area contributed by atoms with E-state index in [-0.39, 0.29) is 22.9 Å². The summed E-state index contributed by atoms with van der Waals surface area (Å²) in [7, 11) is 0. The molecule has 0 radical (unpaired) electrons. The molecule has 0 aliphatic heterocycles. The summed E-state index contributed by atoms with van der Waals surface area (Å²) in [6, 6.07) is 19.7. The first-order valence-corrected chi connectivity index (χ1v) is 20.2. The quantitative estimate of drug-likeness (QED) is 0.0482. The highest BCUT2D eigenvalue weighted by atomic mass is 19.4. The number of carbonyl (C=O) groups is 1. The molecule has 14 nitrogen and oxygen atoms in total. The largest absolute Gasteiger partial charge is 0.416 e. The van der Waals surface area contributed by atoms with E-state index in [1.54, 1.807) is 24.3 Å². The number of hydrogen-bond acceptors (Lipinski definition) is 10. The molecule has 19 heteroatoms. The van der Waals surface area contributed by atoms with E-state index < -0.39 is 29.4 Å². The Bertz CT molecular complexity index is 3180. The SMILES string of the molecule is Cc1cccc(N=C=O)c1.Nc1ccc(-n2c3c(c4ncnc(N)c42)CCC3)cc1F.Nc1ncnc2c3c(n(-c4ccc(NC(=O)Nc5cccc(C(F)(F)F)c5)c(F)c4)c12)CCC3. The first-order valence-electron chi connectivity index (χ1n) is 20.2. The molecule has 0 bridgehead atoms. The van der Waals surface area contributed by atoms with Gasteiger partial charge in [0.05, 0.1) is 33.7 Å². The van der Waals surface area contributed by atoms with Crippen LogP contribution in [0.5, 0.6) is 0 Å². The van der Waals surface area contributed by atoms with Crippen molar-refractivity contribution >= 4 is 68.6 Å². The molecule has 2 aliphatic rings. The van der Waals surface area contributed by atoms with Gasteiger partial charge in [0.1, 0.15) is 35.3 Å². The summed E-state index contributed by atoms with van der Waals surface area (Å²) >= 11 is 0. The van der Waals surface area contributed by atoms with Gasteiger partial charge in [-0.2, -0.15) is 18.2 Å². The number of amides is 2. The Morgan fingerprint density at radius 1 is 0.708 bits per heavy atom. The van der Waals surface area contributed by atoms with Crippen molar-refractivity contribution in [2.45, 2.75) is 51.6 Å². The van der Waals surface area contributed by atoms with E-state index in [0.29, 0.717) is 28.4 Å². The molecule has 0 saturated heterocycles. The number of benzene rings is 4. The maximum Gasteiger partial charge on any atom is 0.416 e. The van der Waals surface area contributed by atoms with Crippen LogP contribution < -0.4 is 27.8 Å². The van der Waals surface area contributed by atoms with Gasteiger partial charge in [0.15, 0.2) is 11.6 Å². The van der Waals surface area contributed by atoms with Crippen LogP contribution in [-0.2, 0) is 36.7 Å². The van der Waals surface area contributed by atoms with Crippen molar-refractivity contribution in [3.63, 3.8) is 0 Å². The second-order valence-corrected chi connectivity index (χ2v) is 15.2. The summed E-state index contributed by atoms with van der Waals surface area (Å²) in [5.74, 6) is -0.466. The fourth-order valence-corrected chi connectivity index (χ4v) is 8.17. The maximum absolute atomic E-state index is 14.9. The fourth-order valence-electron chi connectivity index (χ4n) is 8.17. The molecule has 2 aliphatic carbocycles. The number of anilines is 5. The molecule has 8 N–H and O–H groups in total. The second kappa shape index (κ2) is 17.9. The van der Waals surface area contributed by atoms with E-state index in [4.69, 9.17) is 17.2 Å². The van der Waals surface area contributed by atoms with Crippen LogP contribution in [0.4, 0.5) is 61.1 Å². The average Bonchev–Trinajstić information content (AvgIpc) is 4.07. The second-order valence-electron chi connectivity index (χ2n) is 15.2. The van der Waals surface area contributed by atoms with Crippen molar-refractivity contribution in [3.05, 3.63) is 143 Å². The lowest BCUT2D eigenvalue weighted by molar-refractivity contribution is -0.137. The molecule has 65 heavy (non-hydrogen) atoms. The third-order valence-corrected chi connectivity index (χ3v) is 11.0. The molecule has 8 aromatic rings. The van der Waals surface area contributed by atoms with Gasteiger partial charge in [0.25, 0.3) is 0 Å². The molecule has 0 saturated carbocycles. The minimum atomic E-state index is -4.55. The molecule has 330 valence electrons. The van der Waals surface area contributed by atoms with Gasteiger partial charge in [0, 0.05) is 40.6 Å². The van der Waals surface area contributed by atoms with Crippen LogP contribution >= 0.6 is 0 Å². The lowest BCUT2D eigenvalue weighted by atomic mass is 10.2. The number of aryl methyl sites for hydroxylation is 3. The van der Waals surface area contributed by atoms with Crippen molar-refractivity contribution in [1.82, 2.24) is 29.1 Å². The number of nitrogens with two attached hydrogens (primary N) is 3. The standard InChI is InChI=1S/C23H18F4N6O.C15H14FN5.C8H7NO/c24-16-10-14(33-18-6-2-5-15(18)19-20(33)21(28)30-11-29-19)7-8-17(16)32-22(34)31-13-4-1-3-12(9-13)23(25,26)27;16-10-6-8(4-5-11(10)17)21-12-3-1-2-9(12)13-14(21)15(18)20-7-19-13;1-7-3-2-4-8(5-7)9-6-10/h1,3-4,7-11H,2,5-6H2,(H2,28,29,30)(H2,31,32,34);4-7H,1-3,17H2,(H2,18,19,20);2-5H,1H3. The molecular weight excluding hydrogens is 848 g/mol. The molecule has 0 unspecified atom stereocenters. The molecule has 4 aromatic heterocycles. The summed E-state index contributed by atoms with van der Waals surface area (Å²) < 4.78 is 71.2. The van der Waals surface area contributed by atoms with E-state index in [0.717, 1.165) is 89.7 Å². The van der Waals surface area contributed by atoms with Crippen molar-refractivity contribution in [2.24, 2.45) is 4.99 Å². The number of rotatable bonds is 5. The predicted octanol–water partition coefficient (Wildman–Crippen LogP) is 9.47. The van der Waals surface area contributed by atoms with Crippen LogP contribution in [0.15, 0.2) is 103 Å². The highest BCUT2D eigenvalue weighted by molar-refractivity contribution is 6.00. The third-order valence-electron chi connectivity index (χ3n) is 11.0. The molecule has 4 heterocycles. The van der Waals surface area contributed by atoms with Crippen molar-refractivity contribution in [1.29, 1.82) is 0 Å². The van der Waals surface area contributed by atoms with E-state index in [9.17, 15) is 31.5 Å². The number of nitrogen functional groups attached to an aromatic ring is 3. The van der Waals surface area contributed by atoms with Crippen LogP contribution in [-0.4, -0.2) is 41.2 Å². The number of aliphatic imine (C=N–C) groups is 1. The smallest absolute Gasteiger partial charge is 0.396 e. The zero-order chi connectivity index (χ0) is 46.0. The minimum absolute atomic E-state index is 0.0748. The number of hydrogen-bond donors (Lipinski definition) is 5. The zero-order valence-corrected chi connectivity index (χ0v) is 34.5. The number of aromatic nitrogens is 6. The van der Waals surface area contributed by atoms with Crippen LogP contribution in [0.1, 0.15) is 46.5 Å². The van der Waals surface area contributed by atoms with Gasteiger partial charge >= 0.3 is 12.2 Å². The number of fused-ring (bicyclic) bond motifs is 6. The highest BCUT2D eigenvalue weighted by Gasteiger charge is 2.31. The number of halogens is 5. The normalized spacial score (nSPS) is 12.6. The Kier molecular flexibility index (Phi) is 12.0. The Hall–Kier alpha value is -8.18. The summed E-state index contributed by atoms with van der Waals surface area (Å²) in [6.45, 7) is 1.95. The Balaban J connectivity index is 0.000000156. The van der Waals surface area contributed by atoms with E-state index in [2.05, 4.69) is 35.6 Å². The Morgan fingerprint density at radius 3 is 1.85 bits per heavy atom. The number of urea groups is 1. The van der Waals surface area contributed by atoms with Gasteiger partial charge in [-0.25, -0.2) is 38.3 Å². The van der Waals surface area contributed by atoms with Crippen LogP contribution in [0, 0.1) is 18.6 Å². The molecule has 0 spiro atoms. The first-order chi connectivity index (χ1) is 31.2. The van der Waals surface area contributed by atoms with Crippen LogP contribution in [0.2, 0.25) is 0 Å². The lowest BCUT2D eigenvalue weighted by Gasteiger charge is -2.14. The van der Waals surface area contributed by atoms with Crippen molar-refractivity contribution in [3.8, 4) is 11.4 Å². The summed E-state index contributed by atoms with van der Waals surface area (Å²) in [6.07, 6.45) is 5.35. The van der Waals surface area contributed by atoms with Gasteiger partial charge < -0.3 is 37.0 Å². The minimum Gasteiger partial charge on any atom is -0.396 e. The Labute approximate surface area is 367 Å². The molecular formula is C46H39F5N12O2. The number of nitrogens with zero attached hydrogens (tertiary/aromatic N) is 7. The highest BCUT2D eigenvalue weighted by Crippen LogP contribution is 2.38. The molecule has 2 amide bonds. The fraction of sp³-hybridized carbons (Fsp3) is 0.174. The summed E-state index contributed by atoms with van der Waals surface area (Å²) in [5.41, 5.74) is 27.0. The average molecular weight is 887 g/mol. The lowest BCUT2D eigenvalue weighted by Crippen LogP contribution is -2.20. The summed E-state index contributed by atoms with van der Waals surface area (Å²) in [4.78, 5) is 42.4. The molecule has 10 rings (SSSR count). The van der Waals surface area contributed by atoms with E-state index in [1.807, 2.05) is 34.3 Å². The maximum atomic E-state index is 14.9. The van der Waals surface area contributed by atoms with E-state index in [1.165, 1.54) is 54.6 Å². The molecule has 0 fully saturated rings. The van der Waals surface area contributed by atoms with E-state index >= 15 is 0 Å². The van der Waals surface area contributed by atoms with Gasteiger partial charge in [-0.1, -0.05) is 18.2 Å². The van der Waals surface area contributed by atoms with Gasteiger partial charge in [-0.3, -0.25) is 0 Å². The number of nitrogens with one attached hydrogen (secondary N) is 2. The molecule has 4 aromatic carbocycles. The number of carbonyl (C=O) groups excluding carboxylic acids is 2. The van der Waals surface area contributed by atoms with Crippen LogP contribution in [0.25, 0.3) is 33.4 Å². The predicted molar refractivity (Wildman–Crippen MR) is 238 cm³/mol. The number of isocyanates is 1. The topological polar surface area (TPSA) is 210 Å². The number of alkyl halides is 3. The van der Waals surface area contributed by atoms with Crippen LogP contribution in [0.3, 0.4) is 0 Å². The van der Waals surface area contributed by atoms with Gasteiger partial charge in [-0.15, -0.1) is 0 Å². The van der Waals surface area contributed by atoms with Gasteiger partial charge in [-0.05, 0) is 117 Å².